The average molecular weight is 792 g/mol. The Hall–Kier alpha value is -5.96. The van der Waals surface area contributed by atoms with Gasteiger partial charge in [0.15, 0.2) is 12.5 Å². The van der Waals surface area contributed by atoms with Crippen molar-refractivity contribution in [1.82, 2.24) is 30.0 Å². The van der Waals surface area contributed by atoms with Gasteiger partial charge in [0.1, 0.15) is 24.0 Å². The Balaban J connectivity index is 1.12. The van der Waals surface area contributed by atoms with E-state index >= 15 is 4.39 Å². The fourth-order valence-electron chi connectivity index (χ4n) is 8.28. The number of hydrogen-bond acceptors (Lipinski definition) is 11. The normalized spacial score (nSPS) is 15.9. The van der Waals surface area contributed by atoms with Crippen LogP contribution in [0.5, 0.6) is 5.75 Å². The van der Waals surface area contributed by atoms with E-state index in [-0.39, 0.29) is 25.1 Å². The first-order valence-corrected chi connectivity index (χ1v) is 19.8. The molecule has 0 radical (unpaired) electrons. The van der Waals surface area contributed by atoms with Gasteiger partial charge in [0.2, 0.25) is 5.95 Å². The first-order chi connectivity index (χ1) is 28.0. The summed E-state index contributed by atoms with van der Waals surface area (Å²) in [4.78, 5) is 44.4. The standard InChI is InChI=1S/C43H50FN9O5/c1-6-32-34(44)14-13-29-19-31(58-27-56-5)21-37(38(29)32)50-18-15-33-36(23-50)45-41(52-25-43(2,26-52)47-42(55)57-24-28-11-8-7-9-12-28)46-39(33)51-16-10-17-53-30(22-51)20-35(48-53)40(54)49(3)4/h7-9,11-14,19-21H,6,10,15-18,22-27H2,1-5H3,(H,47,55). The highest BCUT2D eigenvalue weighted by Crippen LogP contribution is 2.40. The van der Waals surface area contributed by atoms with Crippen molar-refractivity contribution in [2.75, 3.05) is 68.9 Å². The second-order valence-corrected chi connectivity index (χ2v) is 15.7. The molecule has 8 rings (SSSR count). The topological polar surface area (TPSA) is 130 Å². The number of ether oxygens (including phenoxy) is 3. The predicted molar refractivity (Wildman–Crippen MR) is 219 cm³/mol. The number of nitrogens with zero attached hydrogens (tertiary/aromatic N) is 8. The number of rotatable bonds is 11. The van der Waals surface area contributed by atoms with Gasteiger partial charge in [0.25, 0.3) is 5.91 Å². The van der Waals surface area contributed by atoms with Gasteiger partial charge in [-0.15, -0.1) is 0 Å². The van der Waals surface area contributed by atoms with Crippen LogP contribution < -0.4 is 24.8 Å². The van der Waals surface area contributed by atoms with Crippen LogP contribution in [0.2, 0.25) is 0 Å². The summed E-state index contributed by atoms with van der Waals surface area (Å²) in [5.74, 6) is 1.68. The highest BCUT2D eigenvalue weighted by molar-refractivity contribution is 5.98. The van der Waals surface area contributed by atoms with E-state index in [0.717, 1.165) is 57.8 Å². The van der Waals surface area contributed by atoms with Gasteiger partial charge in [-0.25, -0.2) is 14.2 Å². The molecule has 14 nitrogen and oxygen atoms in total. The lowest BCUT2D eigenvalue weighted by Gasteiger charge is -2.48. The number of aromatic nitrogens is 4. The first kappa shape index (κ1) is 38.9. The maximum absolute atomic E-state index is 15.4. The summed E-state index contributed by atoms with van der Waals surface area (Å²) in [6, 6.07) is 18.7. The fraction of sp³-hybridized carbons (Fsp3) is 0.419. The average Bonchev–Trinajstić information content (AvgIpc) is 3.51. The Morgan fingerprint density at radius 1 is 0.966 bits per heavy atom. The van der Waals surface area contributed by atoms with Gasteiger partial charge in [-0.2, -0.15) is 10.1 Å². The molecule has 0 atom stereocenters. The molecule has 0 bridgehead atoms. The number of halogens is 1. The van der Waals surface area contributed by atoms with Gasteiger partial charge in [0.05, 0.1) is 30.0 Å². The van der Waals surface area contributed by atoms with E-state index in [4.69, 9.17) is 24.2 Å². The lowest BCUT2D eigenvalue weighted by atomic mass is 9.93. The number of amides is 2. The second-order valence-electron chi connectivity index (χ2n) is 15.7. The maximum Gasteiger partial charge on any atom is 0.408 e. The molecule has 2 amide bonds. The summed E-state index contributed by atoms with van der Waals surface area (Å²) in [5, 5.41) is 9.46. The van der Waals surface area contributed by atoms with E-state index in [1.165, 1.54) is 11.0 Å². The van der Waals surface area contributed by atoms with Crippen molar-refractivity contribution in [3.63, 3.8) is 0 Å². The third-order valence-corrected chi connectivity index (χ3v) is 11.1. The van der Waals surface area contributed by atoms with Gasteiger partial charge < -0.3 is 39.1 Å². The third kappa shape index (κ3) is 7.82. The summed E-state index contributed by atoms with van der Waals surface area (Å²) in [6.45, 7) is 8.26. The zero-order valence-corrected chi connectivity index (χ0v) is 33.8. The van der Waals surface area contributed by atoms with E-state index in [9.17, 15) is 9.59 Å². The predicted octanol–water partition coefficient (Wildman–Crippen LogP) is 5.69. The lowest BCUT2D eigenvalue weighted by molar-refractivity contribution is 0.0512. The van der Waals surface area contributed by atoms with Crippen molar-refractivity contribution < 1.29 is 28.2 Å². The molecule has 5 heterocycles. The number of anilines is 3. The lowest BCUT2D eigenvalue weighted by Crippen LogP contribution is -2.69. The minimum atomic E-state index is -0.550. The van der Waals surface area contributed by atoms with E-state index in [0.29, 0.717) is 75.1 Å². The van der Waals surface area contributed by atoms with Crippen LogP contribution in [-0.2, 0) is 48.6 Å². The zero-order chi connectivity index (χ0) is 40.6. The molecule has 1 saturated heterocycles. The molecule has 5 aromatic rings. The van der Waals surface area contributed by atoms with Crippen LogP contribution in [0.15, 0.2) is 60.7 Å². The fourth-order valence-corrected chi connectivity index (χ4v) is 8.28. The smallest absolute Gasteiger partial charge is 0.408 e. The van der Waals surface area contributed by atoms with Crippen LogP contribution in [0, 0.1) is 5.82 Å². The second kappa shape index (κ2) is 16.1. The van der Waals surface area contributed by atoms with Crippen LogP contribution in [0.4, 0.5) is 26.6 Å². The van der Waals surface area contributed by atoms with E-state index < -0.39 is 11.6 Å². The summed E-state index contributed by atoms with van der Waals surface area (Å²) < 4.78 is 34.0. The molecule has 0 saturated carbocycles. The number of benzene rings is 3. The van der Waals surface area contributed by atoms with Crippen molar-refractivity contribution in [2.24, 2.45) is 0 Å². The number of carbonyl (C=O) groups excluding carboxylic acids is 2. The van der Waals surface area contributed by atoms with Crippen LogP contribution in [-0.4, -0.2) is 96.4 Å². The zero-order valence-electron chi connectivity index (χ0n) is 33.8. The number of aryl methyl sites for hydroxylation is 2. The van der Waals surface area contributed by atoms with Gasteiger partial charge in [-0.05, 0) is 60.9 Å². The molecule has 3 aliphatic heterocycles. The maximum atomic E-state index is 15.4. The Morgan fingerprint density at radius 3 is 2.53 bits per heavy atom. The number of alkyl carbamates (subject to hydrolysis) is 1. The molecule has 58 heavy (non-hydrogen) atoms. The Labute approximate surface area is 337 Å². The third-order valence-electron chi connectivity index (χ3n) is 11.1. The van der Waals surface area contributed by atoms with Crippen molar-refractivity contribution in [2.45, 2.75) is 64.9 Å². The summed E-state index contributed by atoms with van der Waals surface area (Å²) in [5.41, 5.74) is 5.19. The number of nitrogens with one attached hydrogen (secondary N) is 1. The number of carbonyl (C=O) groups is 2. The summed E-state index contributed by atoms with van der Waals surface area (Å²) >= 11 is 0. The molecular weight excluding hydrogens is 742 g/mol. The molecule has 1 N–H and O–H groups in total. The van der Waals surface area contributed by atoms with E-state index in [1.807, 2.05) is 67.1 Å². The highest BCUT2D eigenvalue weighted by Gasteiger charge is 2.43. The molecule has 15 heteroatoms. The minimum absolute atomic E-state index is 0.0868. The highest BCUT2D eigenvalue weighted by atomic mass is 19.1. The largest absolute Gasteiger partial charge is 0.467 e. The molecule has 304 valence electrons. The molecule has 3 aromatic carbocycles. The van der Waals surface area contributed by atoms with Crippen LogP contribution >= 0.6 is 0 Å². The molecule has 0 spiro atoms. The van der Waals surface area contributed by atoms with E-state index in [2.05, 4.69) is 25.1 Å². The molecule has 1 fully saturated rings. The number of fused-ring (bicyclic) bond motifs is 3. The SMILES string of the molecule is CCc1c(F)ccc2cc(OCOC)cc(N3CCc4c(nc(N5CC(C)(NC(=O)OCc6ccccc6)C5)nc4N4CCCn5nc(C(=O)N(C)C)cc5C4)C3)c12. The van der Waals surface area contributed by atoms with Gasteiger partial charge in [-0.1, -0.05) is 43.3 Å². The molecule has 0 aliphatic carbocycles. The van der Waals surface area contributed by atoms with Crippen LogP contribution in [0.3, 0.4) is 0 Å². The van der Waals surface area contributed by atoms with Crippen LogP contribution in [0.1, 0.15) is 58.8 Å². The molecule has 0 unspecified atom stereocenters. The number of methoxy groups -OCH3 is 1. The van der Waals surface area contributed by atoms with Gasteiger partial charge in [-0.3, -0.25) is 9.48 Å². The van der Waals surface area contributed by atoms with Crippen molar-refractivity contribution in [3.05, 3.63) is 100 Å². The van der Waals surface area contributed by atoms with Crippen molar-refractivity contribution in [1.29, 1.82) is 0 Å². The van der Waals surface area contributed by atoms with Crippen LogP contribution in [0.25, 0.3) is 10.8 Å². The monoisotopic (exact) mass is 791 g/mol. The quantitative estimate of drug-likeness (QED) is 0.166. The summed E-state index contributed by atoms with van der Waals surface area (Å²) in [6.07, 6.45) is 1.52. The Kier molecular flexibility index (Phi) is 10.8. The summed E-state index contributed by atoms with van der Waals surface area (Å²) in [7, 11) is 5.04. The van der Waals surface area contributed by atoms with E-state index in [1.54, 1.807) is 27.3 Å². The first-order valence-electron chi connectivity index (χ1n) is 19.8. The van der Waals surface area contributed by atoms with Gasteiger partial charge >= 0.3 is 6.09 Å². The Bertz CT molecular complexity index is 2330. The minimum Gasteiger partial charge on any atom is -0.467 e. The molecular formula is C43H50FN9O5. The van der Waals surface area contributed by atoms with Crippen molar-refractivity contribution >= 4 is 40.2 Å². The molecule has 2 aromatic heterocycles. The number of hydrogen-bond donors (Lipinski definition) is 1. The Morgan fingerprint density at radius 2 is 1.78 bits per heavy atom. The van der Waals surface area contributed by atoms with Crippen molar-refractivity contribution in [3.8, 4) is 5.75 Å². The molecule has 3 aliphatic rings. The van der Waals surface area contributed by atoms with Gasteiger partial charge in [0, 0.05) is 76.6 Å².